The van der Waals surface area contributed by atoms with Crippen molar-refractivity contribution >= 4 is 23.2 Å². The first kappa shape index (κ1) is 25.7. The molecule has 0 saturated heterocycles. The van der Waals surface area contributed by atoms with Crippen molar-refractivity contribution in [1.29, 1.82) is 0 Å². The number of amides is 1. The minimum Gasteiger partial charge on any atom is -0.495 e. The average molecular weight is 516 g/mol. The Balaban J connectivity index is 1.62. The second-order valence-corrected chi connectivity index (χ2v) is 9.38. The van der Waals surface area contributed by atoms with E-state index in [0.717, 1.165) is 12.8 Å². The van der Waals surface area contributed by atoms with E-state index in [0.29, 0.717) is 34.2 Å². The van der Waals surface area contributed by atoms with Gasteiger partial charge in [0.25, 0.3) is 12.3 Å². The fraction of sp³-hybridized carbons (Fsp3) is 0.375. The lowest BCUT2D eigenvalue weighted by Gasteiger charge is -2.24. The van der Waals surface area contributed by atoms with Crippen LogP contribution in [0.15, 0.2) is 42.8 Å². The summed E-state index contributed by atoms with van der Waals surface area (Å²) in [4.78, 5) is 21.9. The summed E-state index contributed by atoms with van der Waals surface area (Å²) in [5, 5.41) is 5.10. The molecule has 1 saturated carbocycles. The summed E-state index contributed by atoms with van der Waals surface area (Å²) >= 11 is 1.33. The Kier molecular flexibility index (Phi) is 8.25. The maximum Gasteiger partial charge on any atom is 0.261 e. The molecule has 4 rings (SSSR count). The van der Waals surface area contributed by atoms with Gasteiger partial charge in [-0.2, -0.15) is 0 Å². The van der Waals surface area contributed by atoms with Crippen molar-refractivity contribution in [1.82, 2.24) is 30.6 Å². The normalized spacial score (nSPS) is 17.9. The summed E-state index contributed by atoms with van der Waals surface area (Å²) in [5.74, 6) is 12.3. The smallest absolute Gasteiger partial charge is 0.261 e. The largest absolute Gasteiger partial charge is 0.495 e. The summed E-state index contributed by atoms with van der Waals surface area (Å²) in [6.07, 6.45) is 7.10. The quantitative estimate of drug-likeness (QED) is 0.174. The summed E-state index contributed by atoms with van der Waals surface area (Å²) < 4.78 is 34.2. The van der Waals surface area contributed by atoms with Crippen LogP contribution in [0.4, 0.5) is 8.78 Å². The standard InChI is InChI=1S/C24H27F2N7O2S/c1-33-11-20(30-12-33)18-7-15(16-8-19(23(25)26)29-10-21(16)35-2)17(9-28-18)24(34)31-13-36-22(32-27)6-5-14-3-4-14/h7-12,14,19,22-23,29,32H,3-4,13,27H2,1-2H3,(H,31,34). The predicted octanol–water partition coefficient (Wildman–Crippen LogP) is 2.21. The van der Waals surface area contributed by atoms with Crippen LogP contribution in [0.5, 0.6) is 0 Å². The van der Waals surface area contributed by atoms with Crippen molar-refractivity contribution in [2.24, 2.45) is 18.8 Å². The number of pyridine rings is 1. The molecule has 12 heteroatoms. The molecule has 190 valence electrons. The van der Waals surface area contributed by atoms with Gasteiger partial charge in [0.2, 0.25) is 0 Å². The Bertz CT molecular complexity index is 1230. The molecule has 0 aromatic carbocycles. The zero-order chi connectivity index (χ0) is 25.7. The van der Waals surface area contributed by atoms with Gasteiger partial charge in [0.1, 0.15) is 22.9 Å². The van der Waals surface area contributed by atoms with Crippen LogP contribution in [0.25, 0.3) is 17.0 Å². The SMILES string of the molecule is COC1=CNC(C(F)F)C=C1c1cc(-c2cn(C)cn2)ncc1C(=O)NCSC(C#CC1CC1)NN. The van der Waals surface area contributed by atoms with Gasteiger partial charge in [-0.15, -0.1) is 11.8 Å². The molecule has 0 bridgehead atoms. The van der Waals surface area contributed by atoms with Crippen molar-refractivity contribution in [2.45, 2.75) is 30.7 Å². The molecule has 2 aromatic heterocycles. The Morgan fingerprint density at radius 3 is 2.83 bits per heavy atom. The van der Waals surface area contributed by atoms with Gasteiger partial charge in [0.05, 0.1) is 30.6 Å². The van der Waals surface area contributed by atoms with Crippen molar-refractivity contribution in [2.75, 3.05) is 13.0 Å². The Hall–Kier alpha value is -3.40. The first-order chi connectivity index (χ1) is 17.4. The van der Waals surface area contributed by atoms with Crippen LogP contribution < -0.4 is 21.9 Å². The number of hydrogen-bond donors (Lipinski definition) is 4. The Labute approximate surface area is 211 Å². The maximum absolute atomic E-state index is 13.5. The first-order valence-corrected chi connectivity index (χ1v) is 12.3. The number of dihydropyridines is 1. The van der Waals surface area contributed by atoms with E-state index in [4.69, 9.17) is 10.6 Å². The molecule has 0 spiro atoms. The summed E-state index contributed by atoms with van der Waals surface area (Å²) in [6.45, 7) is 0. The van der Waals surface area contributed by atoms with Crippen molar-refractivity contribution in [3.8, 4) is 23.2 Å². The number of ether oxygens (including phenoxy) is 1. The van der Waals surface area contributed by atoms with Gasteiger partial charge in [-0.1, -0.05) is 11.8 Å². The van der Waals surface area contributed by atoms with Gasteiger partial charge in [-0.25, -0.2) is 19.2 Å². The van der Waals surface area contributed by atoms with Gasteiger partial charge in [-0.3, -0.25) is 15.6 Å². The molecule has 1 fully saturated rings. The molecule has 5 N–H and O–H groups in total. The van der Waals surface area contributed by atoms with Gasteiger partial charge >= 0.3 is 0 Å². The molecule has 36 heavy (non-hydrogen) atoms. The third-order valence-corrected chi connectivity index (χ3v) is 6.44. The predicted molar refractivity (Wildman–Crippen MR) is 134 cm³/mol. The fourth-order valence-corrected chi connectivity index (χ4v) is 4.11. The molecular formula is C24H27F2N7O2S. The molecule has 2 aromatic rings. The fourth-order valence-electron chi connectivity index (χ4n) is 3.48. The Morgan fingerprint density at radius 1 is 1.39 bits per heavy atom. The van der Waals surface area contributed by atoms with E-state index in [-0.39, 0.29) is 16.8 Å². The lowest BCUT2D eigenvalue weighted by Crippen LogP contribution is -2.34. The van der Waals surface area contributed by atoms with Crippen molar-refractivity contribution in [3.63, 3.8) is 0 Å². The van der Waals surface area contributed by atoms with E-state index in [2.05, 4.69) is 37.9 Å². The number of nitrogens with one attached hydrogen (secondary N) is 3. The topological polar surface area (TPSA) is 119 Å². The highest BCUT2D eigenvalue weighted by Gasteiger charge is 2.27. The summed E-state index contributed by atoms with van der Waals surface area (Å²) in [7, 11) is 3.26. The average Bonchev–Trinajstić information content (AvgIpc) is 3.62. The number of alkyl halides is 2. The van der Waals surface area contributed by atoms with Crippen LogP contribution in [0.1, 0.15) is 28.8 Å². The third-order valence-electron chi connectivity index (χ3n) is 5.55. The first-order valence-electron chi connectivity index (χ1n) is 11.3. The number of nitrogens with two attached hydrogens (primary N) is 1. The molecule has 2 atom stereocenters. The molecule has 0 radical (unpaired) electrons. The van der Waals surface area contributed by atoms with Crippen LogP contribution in [0.3, 0.4) is 0 Å². The van der Waals surface area contributed by atoms with Crippen LogP contribution in [-0.4, -0.2) is 51.3 Å². The van der Waals surface area contributed by atoms with E-state index in [1.165, 1.54) is 37.3 Å². The highest BCUT2D eigenvalue weighted by molar-refractivity contribution is 8.00. The number of hydrogen-bond acceptors (Lipinski definition) is 8. The second-order valence-electron chi connectivity index (χ2n) is 8.29. The molecule has 1 aliphatic carbocycles. The van der Waals surface area contributed by atoms with Crippen LogP contribution >= 0.6 is 11.8 Å². The van der Waals surface area contributed by atoms with Gasteiger partial charge in [0, 0.05) is 42.7 Å². The number of aryl methyl sites for hydroxylation is 1. The van der Waals surface area contributed by atoms with Crippen molar-refractivity contribution in [3.05, 3.63) is 53.9 Å². The zero-order valence-corrected chi connectivity index (χ0v) is 20.6. The molecular weight excluding hydrogens is 488 g/mol. The maximum atomic E-state index is 13.5. The number of halogens is 2. The zero-order valence-electron chi connectivity index (χ0n) is 19.8. The van der Waals surface area contributed by atoms with Crippen molar-refractivity contribution < 1.29 is 18.3 Å². The third kappa shape index (κ3) is 6.23. The number of allylic oxidation sites excluding steroid dienone is 1. The number of thioether (sulfide) groups is 1. The number of imidazole rings is 1. The highest BCUT2D eigenvalue weighted by atomic mass is 32.2. The van der Waals surface area contributed by atoms with Crippen LogP contribution in [-0.2, 0) is 11.8 Å². The van der Waals surface area contributed by atoms with Gasteiger partial charge in [-0.05, 0) is 25.0 Å². The van der Waals surface area contributed by atoms with E-state index in [9.17, 15) is 13.6 Å². The number of nitrogens with zero attached hydrogens (tertiary/aromatic N) is 3. The monoisotopic (exact) mass is 515 g/mol. The number of carbonyl (C=O) groups is 1. The number of methoxy groups -OCH3 is 1. The number of rotatable bonds is 9. The molecule has 2 unspecified atom stereocenters. The van der Waals surface area contributed by atoms with E-state index in [1.54, 1.807) is 23.2 Å². The summed E-state index contributed by atoms with van der Waals surface area (Å²) in [5.41, 5.74) is 4.66. The van der Waals surface area contributed by atoms with Gasteiger partial charge in [0.15, 0.2) is 0 Å². The van der Waals surface area contributed by atoms with E-state index < -0.39 is 18.4 Å². The number of hydrazine groups is 1. The molecule has 2 aliphatic rings. The number of aromatic nitrogens is 3. The van der Waals surface area contributed by atoms with Crippen LogP contribution in [0.2, 0.25) is 0 Å². The molecule has 1 aliphatic heterocycles. The van der Waals surface area contributed by atoms with E-state index in [1.807, 2.05) is 7.05 Å². The highest BCUT2D eigenvalue weighted by Crippen LogP contribution is 2.32. The Morgan fingerprint density at radius 2 is 2.19 bits per heavy atom. The minimum atomic E-state index is -2.65. The molecule has 1 amide bonds. The molecule has 3 heterocycles. The number of carbonyl (C=O) groups excluding carboxylic acids is 1. The minimum absolute atomic E-state index is 0.209. The van der Waals surface area contributed by atoms with Crippen LogP contribution in [0, 0.1) is 17.8 Å². The van der Waals surface area contributed by atoms with Gasteiger partial charge < -0.3 is 19.9 Å². The molecule has 9 nitrogen and oxygen atoms in total. The summed E-state index contributed by atoms with van der Waals surface area (Å²) in [6, 6.07) is 0.417. The van der Waals surface area contributed by atoms with E-state index >= 15 is 0 Å². The lowest BCUT2D eigenvalue weighted by molar-refractivity contribution is 0.0960. The lowest BCUT2D eigenvalue weighted by atomic mass is 9.94. The second kappa shape index (κ2) is 11.6.